The van der Waals surface area contributed by atoms with Crippen LogP contribution in [0.15, 0.2) is 48.5 Å². The van der Waals surface area contributed by atoms with E-state index < -0.39 is 11.8 Å². The Morgan fingerprint density at radius 1 is 1.30 bits per heavy atom. The Balaban J connectivity index is 1.85. The third-order valence-corrected chi connectivity index (χ3v) is 6.11. The molecule has 0 bridgehead atoms. The number of aromatic carboxylic acids is 1. The minimum atomic E-state index is -1.10. The molecule has 150 valence electrons. The molecule has 1 aromatic heterocycles. The molecule has 5 nitrogen and oxygen atoms in total. The van der Waals surface area contributed by atoms with Gasteiger partial charge >= 0.3 is 5.97 Å². The number of terminal acetylenes is 1. The van der Waals surface area contributed by atoms with Crippen LogP contribution in [0.5, 0.6) is 5.75 Å². The topological polar surface area (TPSA) is 75.6 Å². The second kappa shape index (κ2) is 8.01. The minimum Gasteiger partial charge on any atom is -0.481 e. The number of amides is 1. The number of carbonyl (C=O) groups excluding carboxylic acids is 1. The second-order valence-corrected chi connectivity index (χ2v) is 7.78. The predicted molar refractivity (Wildman–Crippen MR) is 113 cm³/mol. The van der Waals surface area contributed by atoms with Crippen molar-refractivity contribution in [1.82, 2.24) is 0 Å². The van der Waals surface area contributed by atoms with Crippen LogP contribution in [-0.4, -0.2) is 23.6 Å². The standard InChI is InChI=1S/C23H16FNO4S/c1-2-10-29-16-5-3-4-14(11-16)17-12-18(26)25-20-19(13-6-8-15(24)9-7-13)22(23(27)28)30-21(17)20/h1,3-9,11,17H,10,12H2,(H,25,26)(H,27,28). The summed E-state index contributed by atoms with van der Waals surface area (Å²) in [6, 6.07) is 12.8. The lowest BCUT2D eigenvalue weighted by Gasteiger charge is -2.24. The van der Waals surface area contributed by atoms with Crippen LogP contribution in [0.1, 0.15) is 32.5 Å². The van der Waals surface area contributed by atoms with Gasteiger partial charge in [0.15, 0.2) is 0 Å². The van der Waals surface area contributed by atoms with Gasteiger partial charge in [0, 0.05) is 22.8 Å². The van der Waals surface area contributed by atoms with Crippen molar-refractivity contribution in [3.05, 3.63) is 69.7 Å². The van der Waals surface area contributed by atoms with Crippen LogP contribution in [0.3, 0.4) is 0 Å². The highest BCUT2D eigenvalue weighted by atomic mass is 32.1. The molecule has 2 heterocycles. The largest absolute Gasteiger partial charge is 0.481 e. The number of nitrogens with one attached hydrogen (secondary N) is 1. The fourth-order valence-corrected chi connectivity index (χ4v) is 4.79. The monoisotopic (exact) mass is 421 g/mol. The number of thiophene rings is 1. The van der Waals surface area contributed by atoms with E-state index in [0.29, 0.717) is 22.6 Å². The lowest BCUT2D eigenvalue weighted by Crippen LogP contribution is -2.22. The second-order valence-electron chi connectivity index (χ2n) is 6.73. The number of hydrogen-bond acceptors (Lipinski definition) is 4. The quantitative estimate of drug-likeness (QED) is 0.584. The summed E-state index contributed by atoms with van der Waals surface area (Å²) in [5, 5.41) is 12.6. The Morgan fingerprint density at radius 2 is 2.07 bits per heavy atom. The SMILES string of the molecule is C#CCOc1cccc(C2CC(=O)Nc3c2sc(C(=O)O)c3-c2ccc(F)cc2)c1. The smallest absolute Gasteiger partial charge is 0.346 e. The van der Waals surface area contributed by atoms with Crippen LogP contribution in [0.2, 0.25) is 0 Å². The summed E-state index contributed by atoms with van der Waals surface area (Å²) in [6.45, 7) is 0.122. The van der Waals surface area contributed by atoms with Gasteiger partial charge < -0.3 is 15.2 Å². The van der Waals surface area contributed by atoms with Crippen LogP contribution in [0.25, 0.3) is 11.1 Å². The molecule has 4 rings (SSSR count). The highest BCUT2D eigenvalue weighted by molar-refractivity contribution is 7.15. The van der Waals surface area contributed by atoms with E-state index in [1.807, 2.05) is 12.1 Å². The van der Waals surface area contributed by atoms with Gasteiger partial charge in [-0.25, -0.2) is 9.18 Å². The Morgan fingerprint density at radius 3 is 2.77 bits per heavy atom. The number of ether oxygens (including phenoxy) is 1. The Hall–Kier alpha value is -3.63. The van der Waals surface area contributed by atoms with E-state index in [9.17, 15) is 19.1 Å². The van der Waals surface area contributed by atoms with Crippen LogP contribution in [0.4, 0.5) is 10.1 Å². The summed E-state index contributed by atoms with van der Waals surface area (Å²) in [6.07, 6.45) is 5.42. The number of halogens is 1. The molecule has 0 spiro atoms. The maximum Gasteiger partial charge on any atom is 0.346 e. The average molecular weight is 421 g/mol. The van der Waals surface area contributed by atoms with Crippen molar-refractivity contribution in [2.75, 3.05) is 11.9 Å². The third-order valence-electron chi connectivity index (χ3n) is 4.82. The van der Waals surface area contributed by atoms with Gasteiger partial charge in [0.2, 0.25) is 5.91 Å². The van der Waals surface area contributed by atoms with E-state index in [4.69, 9.17) is 11.2 Å². The van der Waals surface area contributed by atoms with Crippen molar-refractivity contribution in [2.45, 2.75) is 12.3 Å². The zero-order chi connectivity index (χ0) is 21.3. The normalized spacial score (nSPS) is 15.1. The molecular weight excluding hydrogens is 405 g/mol. The summed E-state index contributed by atoms with van der Waals surface area (Å²) in [7, 11) is 0. The van der Waals surface area contributed by atoms with Crippen molar-refractivity contribution < 1.29 is 23.8 Å². The highest BCUT2D eigenvalue weighted by Gasteiger charge is 2.34. The van der Waals surface area contributed by atoms with E-state index in [1.165, 1.54) is 24.3 Å². The molecule has 0 fully saturated rings. The fraction of sp³-hybridized carbons (Fsp3) is 0.130. The molecule has 0 aliphatic carbocycles. The van der Waals surface area contributed by atoms with Crippen LogP contribution < -0.4 is 10.1 Å². The molecule has 1 aliphatic rings. The first-order valence-electron chi connectivity index (χ1n) is 9.10. The molecule has 1 amide bonds. The predicted octanol–water partition coefficient (Wildman–Crippen LogP) is 4.74. The Bertz CT molecular complexity index is 1180. The van der Waals surface area contributed by atoms with Crippen molar-refractivity contribution in [3.8, 4) is 29.2 Å². The summed E-state index contributed by atoms with van der Waals surface area (Å²) in [5.74, 6) is 0.899. The first kappa shape index (κ1) is 19.7. The first-order chi connectivity index (χ1) is 14.5. The number of carboxylic acid groups (broad SMARTS) is 1. The maximum absolute atomic E-state index is 13.4. The zero-order valence-electron chi connectivity index (χ0n) is 15.6. The maximum atomic E-state index is 13.4. The van der Waals surface area contributed by atoms with Crippen molar-refractivity contribution >= 4 is 28.9 Å². The van der Waals surface area contributed by atoms with Crippen molar-refractivity contribution in [2.24, 2.45) is 0 Å². The van der Waals surface area contributed by atoms with Gasteiger partial charge in [0.25, 0.3) is 0 Å². The molecule has 7 heteroatoms. The molecule has 3 aromatic rings. The molecule has 1 atom stereocenters. The number of benzene rings is 2. The summed E-state index contributed by atoms with van der Waals surface area (Å²) in [5.41, 5.74) is 2.20. The average Bonchev–Trinajstić information content (AvgIpc) is 3.12. The van der Waals surface area contributed by atoms with E-state index >= 15 is 0 Å². The first-order valence-corrected chi connectivity index (χ1v) is 9.91. The fourth-order valence-electron chi connectivity index (χ4n) is 3.54. The lowest BCUT2D eigenvalue weighted by molar-refractivity contribution is -0.116. The molecule has 1 unspecified atom stereocenters. The number of rotatable bonds is 5. The van der Waals surface area contributed by atoms with Crippen LogP contribution >= 0.6 is 11.3 Å². The van der Waals surface area contributed by atoms with Crippen molar-refractivity contribution in [3.63, 3.8) is 0 Å². The van der Waals surface area contributed by atoms with Gasteiger partial charge in [-0.15, -0.1) is 17.8 Å². The molecule has 0 radical (unpaired) electrons. The number of anilines is 1. The molecular formula is C23H16FNO4S. The molecule has 0 saturated heterocycles. The van der Waals surface area contributed by atoms with Gasteiger partial charge in [-0.1, -0.05) is 30.2 Å². The van der Waals surface area contributed by atoms with Gasteiger partial charge in [0.1, 0.15) is 23.1 Å². The van der Waals surface area contributed by atoms with Gasteiger partial charge in [-0.3, -0.25) is 4.79 Å². The van der Waals surface area contributed by atoms with E-state index in [-0.39, 0.29) is 29.7 Å². The minimum absolute atomic E-state index is 0.0959. The van der Waals surface area contributed by atoms with Gasteiger partial charge in [0.05, 0.1) is 5.69 Å². The number of hydrogen-bond donors (Lipinski definition) is 2. The van der Waals surface area contributed by atoms with Crippen LogP contribution in [0, 0.1) is 18.2 Å². The Kier molecular flexibility index (Phi) is 5.25. The zero-order valence-corrected chi connectivity index (χ0v) is 16.5. The van der Waals surface area contributed by atoms with Crippen LogP contribution in [-0.2, 0) is 4.79 Å². The summed E-state index contributed by atoms with van der Waals surface area (Å²) < 4.78 is 18.9. The number of carboxylic acids is 1. The van der Waals surface area contributed by atoms with E-state index in [0.717, 1.165) is 21.8 Å². The lowest BCUT2D eigenvalue weighted by atomic mass is 9.88. The molecule has 2 N–H and O–H groups in total. The summed E-state index contributed by atoms with van der Waals surface area (Å²) >= 11 is 1.12. The number of carbonyl (C=O) groups is 2. The summed E-state index contributed by atoms with van der Waals surface area (Å²) in [4.78, 5) is 25.3. The van der Waals surface area contributed by atoms with Crippen molar-refractivity contribution in [1.29, 1.82) is 0 Å². The molecule has 1 aliphatic heterocycles. The highest BCUT2D eigenvalue weighted by Crippen LogP contribution is 2.49. The molecule has 2 aromatic carbocycles. The molecule has 30 heavy (non-hydrogen) atoms. The third kappa shape index (κ3) is 3.65. The number of fused-ring (bicyclic) bond motifs is 1. The van der Waals surface area contributed by atoms with E-state index in [1.54, 1.807) is 12.1 Å². The van der Waals surface area contributed by atoms with Gasteiger partial charge in [-0.2, -0.15) is 0 Å². The van der Waals surface area contributed by atoms with Gasteiger partial charge in [-0.05, 0) is 35.4 Å². The molecule has 0 saturated carbocycles. The Labute approximate surface area is 176 Å². The van der Waals surface area contributed by atoms with E-state index in [2.05, 4.69) is 11.2 Å².